The molecule has 0 radical (unpaired) electrons. The number of methoxy groups -OCH3 is 3. The third-order valence-corrected chi connectivity index (χ3v) is 4.23. The maximum Gasteiger partial charge on any atom is 0.341 e. The number of carbonyl (C=O) groups is 1. The molecule has 0 aliphatic heterocycles. The van der Waals surface area contributed by atoms with E-state index in [0.29, 0.717) is 27.4 Å². The van der Waals surface area contributed by atoms with E-state index in [-0.39, 0.29) is 18.8 Å². The molecule has 0 aliphatic rings. The minimum Gasteiger partial charge on any atom is -0.503 e. The molecule has 0 fully saturated rings. The molecule has 6 nitrogen and oxygen atoms in total. The summed E-state index contributed by atoms with van der Waals surface area (Å²) in [4.78, 5) is 17.6. The van der Waals surface area contributed by atoms with Gasteiger partial charge in [0, 0.05) is 28.8 Å². The van der Waals surface area contributed by atoms with Gasteiger partial charge in [-0.3, -0.25) is 0 Å². The molecule has 0 bridgehead atoms. The van der Waals surface area contributed by atoms with E-state index in [1.807, 2.05) is 0 Å². The Bertz CT molecular complexity index is 914. The van der Waals surface area contributed by atoms with Crippen LogP contribution in [0.4, 0.5) is 4.39 Å². The Morgan fingerprint density at radius 2 is 1.93 bits per heavy atom. The molecule has 0 amide bonds. The summed E-state index contributed by atoms with van der Waals surface area (Å²) in [6.45, 7) is 0.0748. The predicted octanol–water partition coefficient (Wildman–Crippen LogP) is 4.21. The summed E-state index contributed by atoms with van der Waals surface area (Å²) in [5.41, 5.74) is 2.12. The highest BCUT2D eigenvalue weighted by Gasteiger charge is 2.19. The predicted molar refractivity (Wildman–Crippen MR) is 108 cm³/mol. The number of oxime groups is 1. The largest absolute Gasteiger partial charge is 0.503 e. The van der Waals surface area contributed by atoms with Crippen LogP contribution >= 0.6 is 11.6 Å². The summed E-state index contributed by atoms with van der Waals surface area (Å²) in [6, 6.07) is 11.0. The lowest BCUT2D eigenvalue weighted by Crippen LogP contribution is -2.11. The Kier molecular flexibility index (Phi) is 8.64. The molecule has 0 aromatic heterocycles. The molecule has 29 heavy (non-hydrogen) atoms. The van der Waals surface area contributed by atoms with E-state index in [9.17, 15) is 9.18 Å². The smallest absolute Gasteiger partial charge is 0.341 e. The molecule has 0 saturated heterocycles. The topological polar surface area (TPSA) is 66.4 Å². The number of benzene rings is 2. The molecular weight excluding hydrogens is 401 g/mol. The van der Waals surface area contributed by atoms with Crippen LogP contribution < -0.4 is 0 Å². The van der Waals surface area contributed by atoms with Crippen molar-refractivity contribution in [1.82, 2.24) is 0 Å². The Labute approximate surface area is 173 Å². The van der Waals surface area contributed by atoms with Crippen molar-refractivity contribution >= 4 is 28.9 Å². The van der Waals surface area contributed by atoms with E-state index in [0.717, 1.165) is 0 Å². The molecule has 0 saturated carbocycles. The molecule has 2 aromatic rings. The number of halogens is 2. The SMILES string of the molecule is CO/C=C(/C(=O)OC)c1cccc(Cl)c1CO/N=C(\COC)c1cccc(F)c1. The Morgan fingerprint density at radius 1 is 1.17 bits per heavy atom. The molecule has 0 N–H and O–H groups in total. The van der Waals surface area contributed by atoms with Gasteiger partial charge in [0.1, 0.15) is 23.7 Å². The van der Waals surface area contributed by atoms with Crippen molar-refractivity contribution in [3.05, 3.63) is 76.3 Å². The third-order valence-electron chi connectivity index (χ3n) is 3.87. The molecule has 0 aliphatic carbocycles. The maximum atomic E-state index is 13.5. The lowest BCUT2D eigenvalue weighted by atomic mass is 10.0. The summed E-state index contributed by atoms with van der Waals surface area (Å²) in [5, 5.41) is 4.45. The van der Waals surface area contributed by atoms with Gasteiger partial charge in [-0.15, -0.1) is 0 Å². The quantitative estimate of drug-likeness (QED) is 0.199. The average molecular weight is 422 g/mol. The van der Waals surface area contributed by atoms with E-state index in [1.165, 1.54) is 39.7 Å². The van der Waals surface area contributed by atoms with Crippen molar-refractivity contribution in [2.45, 2.75) is 6.61 Å². The van der Waals surface area contributed by atoms with Crippen LogP contribution in [0.1, 0.15) is 16.7 Å². The zero-order valence-electron chi connectivity index (χ0n) is 16.3. The fraction of sp³-hybridized carbons (Fsp3) is 0.238. The highest BCUT2D eigenvalue weighted by molar-refractivity contribution is 6.32. The fourth-order valence-corrected chi connectivity index (χ4v) is 2.78. The molecule has 2 rings (SSSR count). The Balaban J connectivity index is 2.33. The average Bonchev–Trinajstić information content (AvgIpc) is 2.72. The van der Waals surface area contributed by atoms with Crippen LogP contribution in [0, 0.1) is 5.82 Å². The first-order valence-corrected chi connectivity index (χ1v) is 8.92. The van der Waals surface area contributed by atoms with Crippen LogP contribution in [0.3, 0.4) is 0 Å². The first kappa shape index (κ1) is 22.4. The zero-order chi connectivity index (χ0) is 21.2. The summed E-state index contributed by atoms with van der Waals surface area (Å²) in [7, 11) is 4.19. The second kappa shape index (κ2) is 11.2. The van der Waals surface area contributed by atoms with Crippen molar-refractivity contribution in [2.24, 2.45) is 5.16 Å². The summed E-state index contributed by atoms with van der Waals surface area (Å²) in [6.07, 6.45) is 1.27. The number of rotatable bonds is 9. The highest BCUT2D eigenvalue weighted by atomic mass is 35.5. The van der Waals surface area contributed by atoms with Gasteiger partial charge in [0.2, 0.25) is 0 Å². The number of hydrogen-bond donors (Lipinski definition) is 0. The van der Waals surface area contributed by atoms with Gasteiger partial charge in [-0.05, 0) is 18.2 Å². The number of carbonyl (C=O) groups excluding carboxylic acids is 1. The molecule has 0 spiro atoms. The van der Waals surface area contributed by atoms with Gasteiger partial charge in [0.25, 0.3) is 0 Å². The summed E-state index contributed by atoms with van der Waals surface area (Å²) >= 11 is 6.31. The number of ether oxygens (including phenoxy) is 3. The van der Waals surface area contributed by atoms with Crippen LogP contribution in [-0.2, 0) is 30.4 Å². The fourth-order valence-electron chi connectivity index (χ4n) is 2.55. The van der Waals surface area contributed by atoms with Gasteiger partial charge in [0.15, 0.2) is 0 Å². The normalized spacial score (nSPS) is 11.9. The second-order valence-electron chi connectivity index (χ2n) is 5.78. The maximum absolute atomic E-state index is 13.5. The Hall–Kier alpha value is -2.90. The van der Waals surface area contributed by atoms with Gasteiger partial charge in [-0.1, -0.05) is 41.0 Å². The van der Waals surface area contributed by atoms with Gasteiger partial charge >= 0.3 is 5.97 Å². The van der Waals surface area contributed by atoms with Crippen molar-refractivity contribution in [3.8, 4) is 0 Å². The van der Waals surface area contributed by atoms with Crippen LogP contribution in [0.25, 0.3) is 5.57 Å². The van der Waals surface area contributed by atoms with Gasteiger partial charge in [-0.25, -0.2) is 9.18 Å². The van der Waals surface area contributed by atoms with Crippen molar-refractivity contribution in [2.75, 3.05) is 27.9 Å². The van der Waals surface area contributed by atoms with Crippen LogP contribution in [-0.4, -0.2) is 39.6 Å². The number of esters is 1. The molecule has 2 aromatic carbocycles. The van der Waals surface area contributed by atoms with Crippen LogP contribution in [0.5, 0.6) is 0 Å². The van der Waals surface area contributed by atoms with E-state index >= 15 is 0 Å². The van der Waals surface area contributed by atoms with Gasteiger partial charge < -0.3 is 19.0 Å². The minimum absolute atomic E-state index is 0.0460. The van der Waals surface area contributed by atoms with Crippen molar-refractivity contribution in [1.29, 1.82) is 0 Å². The van der Waals surface area contributed by atoms with Crippen LogP contribution in [0.2, 0.25) is 5.02 Å². The molecule has 0 unspecified atom stereocenters. The van der Waals surface area contributed by atoms with E-state index in [1.54, 1.807) is 30.3 Å². The molecule has 8 heteroatoms. The highest BCUT2D eigenvalue weighted by Crippen LogP contribution is 2.28. The Morgan fingerprint density at radius 3 is 2.59 bits per heavy atom. The lowest BCUT2D eigenvalue weighted by Gasteiger charge is -2.13. The molecule has 154 valence electrons. The first-order chi connectivity index (χ1) is 14.0. The second-order valence-corrected chi connectivity index (χ2v) is 6.19. The monoisotopic (exact) mass is 421 g/mol. The lowest BCUT2D eigenvalue weighted by molar-refractivity contribution is -0.133. The molecule has 0 atom stereocenters. The zero-order valence-corrected chi connectivity index (χ0v) is 17.0. The van der Waals surface area contributed by atoms with Crippen LogP contribution in [0.15, 0.2) is 53.9 Å². The van der Waals surface area contributed by atoms with E-state index in [4.69, 9.17) is 30.6 Å². The van der Waals surface area contributed by atoms with Gasteiger partial charge in [-0.2, -0.15) is 0 Å². The summed E-state index contributed by atoms with van der Waals surface area (Å²) < 4.78 is 28.4. The molecular formula is C21H21ClFNO5. The number of hydrogen-bond acceptors (Lipinski definition) is 6. The first-order valence-electron chi connectivity index (χ1n) is 8.54. The van der Waals surface area contributed by atoms with Crippen molar-refractivity contribution < 1.29 is 28.2 Å². The minimum atomic E-state index is -0.585. The standard InChI is InChI=1S/C21H21ClFNO5/c1-26-11-18(21(25)28-3)16-8-5-9-19(22)17(16)12-29-24-20(13-27-2)14-6-4-7-15(23)10-14/h4-11H,12-13H2,1-3H3/b18-11+,24-20+. The van der Waals surface area contributed by atoms with Gasteiger partial charge in [0.05, 0.1) is 27.1 Å². The van der Waals surface area contributed by atoms with Crippen molar-refractivity contribution in [3.63, 3.8) is 0 Å². The van der Waals surface area contributed by atoms with E-state index in [2.05, 4.69) is 5.16 Å². The number of nitrogens with zero attached hydrogens (tertiary/aromatic N) is 1. The van der Waals surface area contributed by atoms with E-state index < -0.39 is 11.8 Å². The molecule has 0 heterocycles. The summed E-state index contributed by atoms with van der Waals surface area (Å²) in [5.74, 6) is -0.981. The third kappa shape index (κ3) is 6.04.